The van der Waals surface area contributed by atoms with Gasteiger partial charge in [0, 0.05) is 18.9 Å². The molecule has 3 rings (SSSR count). The first-order valence-electron chi connectivity index (χ1n) is 10.5. The molecule has 30 heavy (non-hydrogen) atoms. The van der Waals surface area contributed by atoms with Crippen LogP contribution in [-0.2, 0) is 16.1 Å². The van der Waals surface area contributed by atoms with E-state index in [0.29, 0.717) is 50.0 Å². The molecule has 0 unspecified atom stereocenters. The predicted octanol–water partition coefficient (Wildman–Crippen LogP) is 5.45. The third-order valence-electron chi connectivity index (χ3n) is 5.07. The van der Waals surface area contributed by atoms with E-state index in [1.165, 1.54) is 6.07 Å². The zero-order chi connectivity index (χ0) is 21.3. The fraction of sp³-hybridized carbons (Fsp3) is 0.360. The second kappa shape index (κ2) is 10.6. The quantitative estimate of drug-likeness (QED) is 0.684. The van der Waals surface area contributed by atoms with E-state index in [2.05, 4.69) is 0 Å². The summed E-state index contributed by atoms with van der Waals surface area (Å²) in [7, 11) is 0. The summed E-state index contributed by atoms with van der Waals surface area (Å²) in [5.74, 6) is -0.0251. The summed E-state index contributed by atoms with van der Waals surface area (Å²) in [6.07, 6.45) is 7.20. The summed E-state index contributed by atoms with van der Waals surface area (Å²) in [6.45, 7) is 2.16. The number of benzene rings is 2. The topological polar surface area (TPSA) is 72.8 Å². The number of allylic oxidation sites excluding steroid dienone is 1. The lowest BCUT2D eigenvalue weighted by molar-refractivity contribution is -0.119. The Hall–Kier alpha value is -3.08. The van der Waals surface area contributed by atoms with Crippen LogP contribution in [0.25, 0.3) is 6.08 Å². The molecule has 2 aromatic carbocycles. The SMILES string of the molecule is C[C@@H]1CCCC(=O)CCCC=Cc2cc(OCc3ccccc3)cc(O)c2C(=O)O1. The molecule has 1 atom stereocenters. The first-order chi connectivity index (χ1) is 14.5. The molecule has 0 spiro atoms. The molecule has 0 aliphatic carbocycles. The van der Waals surface area contributed by atoms with Crippen LogP contribution < -0.4 is 4.74 Å². The maximum absolute atomic E-state index is 12.7. The van der Waals surface area contributed by atoms with E-state index in [9.17, 15) is 14.7 Å². The third kappa shape index (κ3) is 6.21. The Morgan fingerprint density at radius 1 is 1.10 bits per heavy atom. The lowest BCUT2D eigenvalue weighted by Gasteiger charge is -2.16. The third-order valence-corrected chi connectivity index (χ3v) is 5.07. The number of phenolic OH excluding ortho intramolecular Hbond substituents is 1. The van der Waals surface area contributed by atoms with Crippen LogP contribution in [0.5, 0.6) is 11.5 Å². The molecular formula is C25H28O5. The molecule has 0 radical (unpaired) electrons. The van der Waals surface area contributed by atoms with E-state index in [1.807, 2.05) is 36.4 Å². The minimum Gasteiger partial charge on any atom is -0.507 e. The van der Waals surface area contributed by atoms with Gasteiger partial charge in [0.05, 0.1) is 6.10 Å². The number of hydrogen-bond donors (Lipinski definition) is 1. The first kappa shape index (κ1) is 21.6. The van der Waals surface area contributed by atoms with Crippen LogP contribution in [0.1, 0.15) is 66.9 Å². The maximum Gasteiger partial charge on any atom is 0.342 e. The lowest BCUT2D eigenvalue weighted by atomic mass is 10.0. The fourth-order valence-electron chi connectivity index (χ4n) is 3.44. The van der Waals surface area contributed by atoms with Gasteiger partial charge in [0.2, 0.25) is 0 Å². The van der Waals surface area contributed by atoms with Gasteiger partial charge in [-0.1, -0.05) is 42.5 Å². The first-order valence-corrected chi connectivity index (χ1v) is 10.5. The van der Waals surface area contributed by atoms with Crippen molar-refractivity contribution in [3.63, 3.8) is 0 Å². The second-order valence-corrected chi connectivity index (χ2v) is 7.62. The van der Waals surface area contributed by atoms with Gasteiger partial charge in [-0.25, -0.2) is 4.79 Å². The lowest BCUT2D eigenvalue weighted by Crippen LogP contribution is -2.17. The standard InChI is InChI=1S/C25H28O5/c1-18-9-8-14-21(26)13-7-3-6-12-20-15-22(16-23(27)24(20)25(28)30-18)29-17-19-10-4-2-5-11-19/h2,4-6,10-12,15-16,18,27H,3,7-9,13-14,17H2,1H3/t18-/m1/s1. The molecule has 158 valence electrons. The van der Waals surface area contributed by atoms with Gasteiger partial charge in [0.25, 0.3) is 0 Å². The molecule has 0 amide bonds. The minimum absolute atomic E-state index is 0.137. The summed E-state index contributed by atoms with van der Waals surface area (Å²) in [4.78, 5) is 24.7. The van der Waals surface area contributed by atoms with Crippen molar-refractivity contribution in [3.05, 3.63) is 65.2 Å². The van der Waals surface area contributed by atoms with Gasteiger partial charge in [-0.05, 0) is 49.8 Å². The Balaban J connectivity index is 1.85. The molecule has 0 saturated carbocycles. The van der Waals surface area contributed by atoms with Crippen LogP contribution in [0.15, 0.2) is 48.5 Å². The van der Waals surface area contributed by atoms with Gasteiger partial charge >= 0.3 is 5.97 Å². The summed E-state index contributed by atoms with van der Waals surface area (Å²) < 4.78 is 11.3. The molecular weight excluding hydrogens is 380 g/mol. The van der Waals surface area contributed by atoms with Crippen molar-refractivity contribution >= 4 is 17.8 Å². The summed E-state index contributed by atoms with van der Waals surface area (Å²) in [6, 6.07) is 12.9. The average molecular weight is 408 g/mol. The van der Waals surface area contributed by atoms with E-state index in [4.69, 9.17) is 9.47 Å². The van der Waals surface area contributed by atoms with E-state index >= 15 is 0 Å². The number of ether oxygens (including phenoxy) is 2. The molecule has 5 heteroatoms. The number of rotatable bonds is 3. The van der Waals surface area contributed by atoms with Crippen molar-refractivity contribution < 1.29 is 24.2 Å². The molecule has 0 bridgehead atoms. The van der Waals surface area contributed by atoms with Gasteiger partial charge in [0.15, 0.2) is 0 Å². The highest BCUT2D eigenvalue weighted by molar-refractivity contribution is 5.97. The van der Waals surface area contributed by atoms with Crippen LogP contribution in [-0.4, -0.2) is 23.0 Å². The van der Waals surface area contributed by atoms with Gasteiger partial charge in [0.1, 0.15) is 29.5 Å². The molecule has 1 aliphatic rings. The summed E-state index contributed by atoms with van der Waals surface area (Å²) in [5.41, 5.74) is 1.68. The molecule has 0 aromatic heterocycles. The molecule has 1 N–H and O–H groups in total. The van der Waals surface area contributed by atoms with Gasteiger partial charge in [-0.15, -0.1) is 0 Å². The Morgan fingerprint density at radius 2 is 1.87 bits per heavy atom. The number of carbonyl (C=O) groups is 2. The van der Waals surface area contributed by atoms with Crippen molar-refractivity contribution in [1.29, 1.82) is 0 Å². The second-order valence-electron chi connectivity index (χ2n) is 7.62. The molecule has 2 aromatic rings. The van der Waals surface area contributed by atoms with Crippen molar-refractivity contribution in [1.82, 2.24) is 0 Å². The number of esters is 1. The van der Waals surface area contributed by atoms with Crippen molar-refractivity contribution in [2.24, 2.45) is 0 Å². The number of fused-ring (bicyclic) bond motifs is 1. The molecule has 1 heterocycles. The van der Waals surface area contributed by atoms with Crippen LogP contribution in [0.3, 0.4) is 0 Å². The zero-order valence-corrected chi connectivity index (χ0v) is 17.3. The van der Waals surface area contributed by atoms with Crippen LogP contribution in [0.2, 0.25) is 0 Å². The maximum atomic E-state index is 12.7. The Bertz CT molecular complexity index is 901. The Kier molecular flexibility index (Phi) is 7.66. The molecule has 0 saturated heterocycles. The van der Waals surface area contributed by atoms with E-state index < -0.39 is 5.97 Å². The number of cyclic esters (lactones) is 1. The Labute approximate surface area is 177 Å². The van der Waals surface area contributed by atoms with E-state index in [1.54, 1.807) is 19.1 Å². The van der Waals surface area contributed by atoms with Gasteiger partial charge in [-0.3, -0.25) is 4.79 Å². The highest BCUT2D eigenvalue weighted by Crippen LogP contribution is 2.31. The number of Topliss-reactive ketones (excluding diaryl/α,β-unsaturated/α-hetero) is 1. The summed E-state index contributed by atoms with van der Waals surface area (Å²) in [5, 5.41) is 10.6. The fourth-order valence-corrected chi connectivity index (χ4v) is 3.44. The van der Waals surface area contributed by atoms with Crippen LogP contribution >= 0.6 is 0 Å². The van der Waals surface area contributed by atoms with Crippen molar-refractivity contribution in [3.8, 4) is 11.5 Å². The number of phenols is 1. The number of hydrogen-bond acceptors (Lipinski definition) is 5. The predicted molar refractivity (Wildman–Crippen MR) is 116 cm³/mol. The molecule has 0 fully saturated rings. The van der Waals surface area contributed by atoms with Gasteiger partial charge in [-0.2, -0.15) is 0 Å². The molecule has 1 aliphatic heterocycles. The number of aromatic hydroxyl groups is 1. The molecule has 5 nitrogen and oxygen atoms in total. The van der Waals surface area contributed by atoms with Crippen LogP contribution in [0.4, 0.5) is 0 Å². The van der Waals surface area contributed by atoms with E-state index in [-0.39, 0.29) is 23.2 Å². The Morgan fingerprint density at radius 3 is 2.67 bits per heavy atom. The number of ketones is 1. The monoisotopic (exact) mass is 408 g/mol. The number of carbonyl (C=O) groups excluding carboxylic acids is 2. The van der Waals surface area contributed by atoms with Crippen molar-refractivity contribution in [2.45, 2.75) is 58.2 Å². The minimum atomic E-state index is -0.572. The highest BCUT2D eigenvalue weighted by atomic mass is 16.5. The van der Waals surface area contributed by atoms with Crippen molar-refractivity contribution in [2.75, 3.05) is 0 Å². The van der Waals surface area contributed by atoms with E-state index in [0.717, 1.165) is 12.0 Å². The van der Waals surface area contributed by atoms with Crippen LogP contribution in [0, 0.1) is 0 Å². The smallest absolute Gasteiger partial charge is 0.342 e. The highest BCUT2D eigenvalue weighted by Gasteiger charge is 2.21. The average Bonchev–Trinajstić information content (AvgIpc) is 2.72. The zero-order valence-electron chi connectivity index (χ0n) is 17.3. The normalized spacial score (nSPS) is 18.2. The summed E-state index contributed by atoms with van der Waals surface area (Å²) >= 11 is 0. The van der Waals surface area contributed by atoms with Gasteiger partial charge < -0.3 is 14.6 Å². The largest absolute Gasteiger partial charge is 0.507 e.